The van der Waals surface area contributed by atoms with E-state index >= 15 is 0 Å². The van der Waals surface area contributed by atoms with E-state index in [0.717, 1.165) is 17.0 Å². The van der Waals surface area contributed by atoms with Gasteiger partial charge in [0, 0.05) is 5.69 Å². The number of hydrogen-bond donors (Lipinski definition) is 2. The summed E-state index contributed by atoms with van der Waals surface area (Å²) in [5, 5.41) is 10.3. The van der Waals surface area contributed by atoms with E-state index in [2.05, 4.69) is 20.5 Å². The van der Waals surface area contributed by atoms with Gasteiger partial charge in [0.1, 0.15) is 11.6 Å². The van der Waals surface area contributed by atoms with Gasteiger partial charge in [-0.3, -0.25) is 9.89 Å². The first-order chi connectivity index (χ1) is 12.1. The van der Waals surface area contributed by atoms with Crippen molar-refractivity contribution < 1.29 is 9.21 Å². The fraction of sp³-hybridized carbons (Fsp3) is 0.167. The zero-order valence-electron chi connectivity index (χ0n) is 13.9. The molecule has 128 valence electrons. The van der Waals surface area contributed by atoms with Crippen LogP contribution in [0.3, 0.4) is 0 Å². The number of amides is 1. The third-order valence-corrected chi connectivity index (χ3v) is 4.27. The molecule has 0 aliphatic carbocycles. The molecule has 0 aliphatic rings. The highest BCUT2D eigenvalue weighted by molar-refractivity contribution is 7.99. The van der Waals surface area contributed by atoms with Crippen LogP contribution in [0.5, 0.6) is 0 Å². The number of aromatic amines is 1. The smallest absolute Gasteiger partial charge is 0.234 e. The summed E-state index contributed by atoms with van der Waals surface area (Å²) in [7, 11) is 0. The third-order valence-electron chi connectivity index (χ3n) is 3.42. The van der Waals surface area contributed by atoms with Crippen molar-refractivity contribution in [2.45, 2.75) is 19.0 Å². The van der Waals surface area contributed by atoms with Crippen LogP contribution in [0, 0.1) is 13.8 Å². The van der Waals surface area contributed by atoms with Crippen LogP contribution < -0.4 is 5.32 Å². The molecule has 0 spiro atoms. The van der Waals surface area contributed by atoms with Crippen LogP contribution in [-0.2, 0) is 4.79 Å². The monoisotopic (exact) mass is 354 g/mol. The van der Waals surface area contributed by atoms with Gasteiger partial charge in [-0.15, -0.1) is 5.10 Å². The molecule has 1 aromatic carbocycles. The summed E-state index contributed by atoms with van der Waals surface area (Å²) in [5.41, 5.74) is 3.04. The molecule has 3 aromatic rings. The van der Waals surface area contributed by atoms with Crippen molar-refractivity contribution in [3.63, 3.8) is 0 Å². The number of aryl methyl sites for hydroxylation is 2. The molecule has 2 N–H and O–H groups in total. The third kappa shape index (κ3) is 4.84. The number of rotatable bonds is 6. The summed E-state index contributed by atoms with van der Waals surface area (Å²) in [4.78, 5) is 16.4. The molecule has 1 amide bonds. The topological polar surface area (TPSA) is 83.8 Å². The van der Waals surface area contributed by atoms with Crippen LogP contribution in [-0.4, -0.2) is 26.8 Å². The van der Waals surface area contributed by atoms with E-state index in [1.165, 1.54) is 17.3 Å². The SMILES string of the molecule is Cc1ccc(NC(=O)CSc2n[nH]c(C=Cc3ccco3)n2)c(C)c1. The molecule has 0 atom stereocenters. The fourth-order valence-corrected chi connectivity index (χ4v) is 2.82. The van der Waals surface area contributed by atoms with Crippen LogP contribution in [0.4, 0.5) is 5.69 Å². The van der Waals surface area contributed by atoms with Gasteiger partial charge in [-0.25, -0.2) is 4.98 Å². The second kappa shape index (κ2) is 7.85. The minimum absolute atomic E-state index is 0.0885. The van der Waals surface area contributed by atoms with Crippen molar-refractivity contribution in [1.82, 2.24) is 15.2 Å². The van der Waals surface area contributed by atoms with Crippen molar-refractivity contribution >= 4 is 35.5 Å². The van der Waals surface area contributed by atoms with Gasteiger partial charge in [-0.2, -0.15) is 0 Å². The number of furan rings is 1. The molecule has 0 saturated carbocycles. The Hall–Kier alpha value is -2.80. The zero-order chi connectivity index (χ0) is 17.6. The predicted octanol–water partition coefficient (Wildman–Crippen LogP) is 3.92. The maximum absolute atomic E-state index is 12.1. The molecule has 25 heavy (non-hydrogen) atoms. The number of H-pyrrole nitrogens is 1. The van der Waals surface area contributed by atoms with Crippen LogP contribution in [0.25, 0.3) is 12.2 Å². The first-order valence-corrected chi connectivity index (χ1v) is 8.72. The van der Waals surface area contributed by atoms with Crippen molar-refractivity contribution in [1.29, 1.82) is 0 Å². The van der Waals surface area contributed by atoms with Gasteiger partial charge in [0.05, 0.1) is 12.0 Å². The average molecular weight is 354 g/mol. The Balaban J connectivity index is 1.52. The Bertz CT molecular complexity index is 884. The Labute approximate surface area is 149 Å². The van der Waals surface area contributed by atoms with Gasteiger partial charge in [-0.05, 0) is 49.8 Å². The van der Waals surface area contributed by atoms with E-state index in [9.17, 15) is 4.79 Å². The highest BCUT2D eigenvalue weighted by Crippen LogP contribution is 2.18. The fourth-order valence-electron chi connectivity index (χ4n) is 2.21. The zero-order valence-corrected chi connectivity index (χ0v) is 14.8. The van der Waals surface area contributed by atoms with E-state index in [1.54, 1.807) is 18.4 Å². The molecule has 2 heterocycles. The molecular formula is C18H18N4O2S. The Morgan fingerprint density at radius 2 is 2.20 bits per heavy atom. The number of nitrogens with one attached hydrogen (secondary N) is 2. The summed E-state index contributed by atoms with van der Waals surface area (Å²) in [6.07, 6.45) is 5.17. The number of carbonyl (C=O) groups excluding carboxylic acids is 1. The maximum atomic E-state index is 12.1. The highest BCUT2D eigenvalue weighted by atomic mass is 32.2. The Morgan fingerprint density at radius 1 is 1.32 bits per heavy atom. The minimum atomic E-state index is -0.0885. The number of nitrogens with zero attached hydrogens (tertiary/aromatic N) is 2. The highest BCUT2D eigenvalue weighted by Gasteiger charge is 2.08. The van der Waals surface area contributed by atoms with Crippen LogP contribution in [0.1, 0.15) is 22.7 Å². The molecule has 0 saturated heterocycles. The van der Waals surface area contributed by atoms with E-state index in [4.69, 9.17) is 4.42 Å². The molecule has 0 radical (unpaired) electrons. The first-order valence-electron chi connectivity index (χ1n) is 7.74. The molecule has 0 unspecified atom stereocenters. The van der Waals surface area contributed by atoms with Crippen molar-refractivity contribution in [2.75, 3.05) is 11.1 Å². The van der Waals surface area contributed by atoms with Crippen molar-refractivity contribution in [3.8, 4) is 0 Å². The van der Waals surface area contributed by atoms with Crippen LogP contribution in [0.2, 0.25) is 0 Å². The maximum Gasteiger partial charge on any atom is 0.234 e. The van der Waals surface area contributed by atoms with Gasteiger partial charge >= 0.3 is 0 Å². The second-order valence-electron chi connectivity index (χ2n) is 5.51. The molecule has 0 aliphatic heterocycles. The lowest BCUT2D eigenvalue weighted by Crippen LogP contribution is -2.15. The summed E-state index contributed by atoms with van der Waals surface area (Å²) in [6, 6.07) is 9.59. The molecule has 0 fully saturated rings. The van der Waals surface area contributed by atoms with Crippen LogP contribution in [0.15, 0.2) is 46.2 Å². The quantitative estimate of drug-likeness (QED) is 0.656. The minimum Gasteiger partial charge on any atom is -0.465 e. The number of thioether (sulfide) groups is 1. The van der Waals surface area contributed by atoms with Crippen molar-refractivity contribution in [2.24, 2.45) is 0 Å². The molecule has 7 heteroatoms. The lowest BCUT2D eigenvalue weighted by molar-refractivity contribution is -0.113. The number of hydrogen-bond acceptors (Lipinski definition) is 5. The summed E-state index contributed by atoms with van der Waals surface area (Å²) in [5.74, 6) is 1.49. The molecule has 0 bridgehead atoms. The second-order valence-corrected chi connectivity index (χ2v) is 6.45. The van der Waals surface area contributed by atoms with E-state index in [1.807, 2.05) is 44.2 Å². The molecule has 2 aromatic heterocycles. The lowest BCUT2D eigenvalue weighted by atomic mass is 10.1. The van der Waals surface area contributed by atoms with Gasteiger partial charge < -0.3 is 9.73 Å². The van der Waals surface area contributed by atoms with Crippen molar-refractivity contribution in [3.05, 3.63) is 59.3 Å². The first kappa shape index (κ1) is 17.0. The van der Waals surface area contributed by atoms with Gasteiger partial charge in [-0.1, -0.05) is 29.5 Å². The number of aromatic nitrogens is 3. The van der Waals surface area contributed by atoms with Gasteiger partial charge in [0.25, 0.3) is 0 Å². The van der Waals surface area contributed by atoms with Gasteiger partial charge in [0.2, 0.25) is 11.1 Å². The summed E-state index contributed by atoms with van der Waals surface area (Å²) < 4.78 is 5.21. The van der Waals surface area contributed by atoms with E-state index in [-0.39, 0.29) is 11.7 Å². The largest absolute Gasteiger partial charge is 0.465 e. The van der Waals surface area contributed by atoms with E-state index in [0.29, 0.717) is 11.0 Å². The lowest BCUT2D eigenvalue weighted by Gasteiger charge is -2.08. The van der Waals surface area contributed by atoms with Gasteiger partial charge in [0.15, 0.2) is 0 Å². The van der Waals surface area contributed by atoms with Crippen LogP contribution >= 0.6 is 11.8 Å². The van der Waals surface area contributed by atoms with E-state index < -0.39 is 0 Å². The number of anilines is 1. The summed E-state index contributed by atoms with van der Waals surface area (Å²) >= 11 is 1.28. The average Bonchev–Trinajstić information content (AvgIpc) is 3.25. The molecular weight excluding hydrogens is 336 g/mol. The standard InChI is InChI=1S/C18H18N4O2S/c1-12-5-7-15(13(2)10-12)19-17(23)11-25-18-20-16(21-22-18)8-6-14-4-3-9-24-14/h3-10H,11H2,1-2H3,(H,19,23)(H,20,21,22). The number of benzene rings is 1. The number of carbonyl (C=O) groups is 1. The predicted molar refractivity (Wildman–Crippen MR) is 99.3 cm³/mol. The Morgan fingerprint density at radius 3 is 2.96 bits per heavy atom. The molecule has 3 rings (SSSR count). The Kier molecular flexibility index (Phi) is 5.35. The summed E-state index contributed by atoms with van der Waals surface area (Å²) in [6.45, 7) is 4.00. The molecule has 6 nitrogen and oxygen atoms in total. The normalized spacial score (nSPS) is 11.1.